The monoisotopic (exact) mass is 203 g/mol. The van der Waals surface area contributed by atoms with Crippen LogP contribution in [0.1, 0.15) is 12.2 Å². The smallest absolute Gasteiger partial charge is 0.271 e. The summed E-state index contributed by atoms with van der Waals surface area (Å²) >= 11 is 0. The van der Waals surface area contributed by atoms with Crippen molar-refractivity contribution in [3.05, 3.63) is 34.1 Å². The fourth-order valence-corrected chi connectivity index (χ4v) is 2.11. The molecule has 0 saturated carbocycles. The van der Waals surface area contributed by atoms with E-state index in [2.05, 4.69) is 9.55 Å². The summed E-state index contributed by atoms with van der Waals surface area (Å²) in [4.78, 5) is 14.7. The molecule has 1 aromatic carbocycles. The Morgan fingerprint density at radius 3 is 3.13 bits per heavy atom. The number of nitrogens with zero attached hydrogens (tertiary/aromatic N) is 3. The highest BCUT2D eigenvalue weighted by molar-refractivity contribution is 5.79. The van der Waals surface area contributed by atoms with Gasteiger partial charge in [-0.05, 0) is 12.5 Å². The van der Waals surface area contributed by atoms with E-state index in [9.17, 15) is 10.1 Å². The topological polar surface area (TPSA) is 61.0 Å². The Morgan fingerprint density at radius 2 is 2.33 bits per heavy atom. The molecule has 5 nitrogen and oxygen atoms in total. The van der Waals surface area contributed by atoms with Crippen LogP contribution in [0.25, 0.3) is 11.0 Å². The van der Waals surface area contributed by atoms with Crippen LogP contribution in [0.3, 0.4) is 0 Å². The molecule has 0 atom stereocenters. The Labute approximate surface area is 85.5 Å². The number of fused-ring (bicyclic) bond motifs is 3. The van der Waals surface area contributed by atoms with Crippen molar-refractivity contribution >= 4 is 16.7 Å². The fourth-order valence-electron chi connectivity index (χ4n) is 2.11. The van der Waals surface area contributed by atoms with Gasteiger partial charge in [0.2, 0.25) is 0 Å². The van der Waals surface area contributed by atoms with Gasteiger partial charge in [-0.25, -0.2) is 4.98 Å². The van der Waals surface area contributed by atoms with Crippen molar-refractivity contribution in [2.75, 3.05) is 0 Å². The molecule has 1 aliphatic heterocycles. The predicted molar refractivity (Wildman–Crippen MR) is 54.7 cm³/mol. The Bertz CT molecular complexity index is 559. The summed E-state index contributed by atoms with van der Waals surface area (Å²) in [6, 6.07) is 4.83. The molecule has 0 spiro atoms. The number of nitro groups is 1. The van der Waals surface area contributed by atoms with Crippen LogP contribution in [-0.2, 0) is 13.0 Å². The lowest BCUT2D eigenvalue weighted by Crippen LogP contribution is -1.92. The van der Waals surface area contributed by atoms with Crippen molar-refractivity contribution < 1.29 is 4.92 Å². The predicted octanol–water partition coefficient (Wildman–Crippen LogP) is 1.89. The van der Waals surface area contributed by atoms with Crippen molar-refractivity contribution in [1.82, 2.24) is 9.55 Å². The third-order valence-electron chi connectivity index (χ3n) is 2.80. The SMILES string of the molecule is O=[N+]([O-])c1ccc2nc3n(c2c1)CCC3. The average Bonchev–Trinajstić information content (AvgIpc) is 2.75. The van der Waals surface area contributed by atoms with E-state index < -0.39 is 0 Å². The van der Waals surface area contributed by atoms with E-state index >= 15 is 0 Å². The van der Waals surface area contributed by atoms with Crippen molar-refractivity contribution in [2.24, 2.45) is 0 Å². The minimum absolute atomic E-state index is 0.136. The number of nitro benzene ring substituents is 1. The van der Waals surface area contributed by atoms with Gasteiger partial charge in [-0.2, -0.15) is 0 Å². The molecule has 2 aromatic rings. The molecule has 0 radical (unpaired) electrons. The first-order valence-corrected chi connectivity index (χ1v) is 4.89. The summed E-state index contributed by atoms with van der Waals surface area (Å²) in [5.41, 5.74) is 1.88. The van der Waals surface area contributed by atoms with E-state index in [0.717, 1.165) is 36.2 Å². The maximum atomic E-state index is 10.6. The summed E-state index contributed by atoms with van der Waals surface area (Å²) in [7, 11) is 0. The van der Waals surface area contributed by atoms with Gasteiger partial charge in [0.15, 0.2) is 0 Å². The van der Waals surface area contributed by atoms with Gasteiger partial charge < -0.3 is 4.57 Å². The zero-order valence-corrected chi connectivity index (χ0v) is 8.01. The first kappa shape index (κ1) is 8.40. The number of aromatic nitrogens is 2. The second kappa shape index (κ2) is 2.79. The summed E-state index contributed by atoms with van der Waals surface area (Å²) in [5.74, 6) is 1.05. The third kappa shape index (κ3) is 1.12. The van der Waals surface area contributed by atoms with E-state index in [4.69, 9.17) is 0 Å². The minimum Gasteiger partial charge on any atom is -0.328 e. The molecule has 76 valence electrons. The lowest BCUT2D eigenvalue weighted by atomic mass is 10.3. The van der Waals surface area contributed by atoms with Crippen LogP contribution < -0.4 is 0 Å². The maximum Gasteiger partial charge on any atom is 0.271 e. The number of rotatable bonds is 1. The van der Waals surface area contributed by atoms with E-state index in [0.29, 0.717) is 0 Å². The number of hydrogen-bond donors (Lipinski definition) is 0. The van der Waals surface area contributed by atoms with Gasteiger partial charge in [0.1, 0.15) is 5.82 Å². The van der Waals surface area contributed by atoms with Gasteiger partial charge >= 0.3 is 0 Å². The second-order valence-corrected chi connectivity index (χ2v) is 3.71. The molecule has 3 rings (SSSR count). The molecule has 0 N–H and O–H groups in total. The summed E-state index contributed by atoms with van der Waals surface area (Å²) < 4.78 is 2.07. The maximum absolute atomic E-state index is 10.6. The molecule has 0 fully saturated rings. The molecule has 1 aromatic heterocycles. The normalized spacial score (nSPS) is 14.4. The standard InChI is InChI=1S/C10H9N3O2/c14-13(15)7-3-4-8-9(6-7)12-5-1-2-10(12)11-8/h3-4,6H,1-2,5H2. The van der Waals surface area contributed by atoms with Crippen molar-refractivity contribution in [3.8, 4) is 0 Å². The summed E-state index contributed by atoms with van der Waals surface area (Å²) in [6.45, 7) is 0.924. The van der Waals surface area contributed by atoms with Crippen LogP contribution >= 0.6 is 0 Å². The number of non-ortho nitro benzene ring substituents is 1. The van der Waals surface area contributed by atoms with E-state index in [1.54, 1.807) is 12.1 Å². The average molecular weight is 203 g/mol. The molecule has 0 bridgehead atoms. The number of benzene rings is 1. The Hall–Kier alpha value is -1.91. The van der Waals surface area contributed by atoms with Crippen LogP contribution in [0.4, 0.5) is 5.69 Å². The van der Waals surface area contributed by atoms with Crippen molar-refractivity contribution in [2.45, 2.75) is 19.4 Å². The molecule has 0 saturated heterocycles. The van der Waals surface area contributed by atoms with Crippen LogP contribution in [0.2, 0.25) is 0 Å². The van der Waals surface area contributed by atoms with Gasteiger partial charge in [-0.15, -0.1) is 0 Å². The Balaban J connectivity index is 2.29. The zero-order chi connectivity index (χ0) is 10.4. The lowest BCUT2D eigenvalue weighted by Gasteiger charge is -1.97. The van der Waals surface area contributed by atoms with Gasteiger partial charge in [-0.3, -0.25) is 10.1 Å². The molecular formula is C10H9N3O2. The van der Waals surface area contributed by atoms with Crippen LogP contribution in [0.15, 0.2) is 18.2 Å². The molecule has 0 unspecified atom stereocenters. The minimum atomic E-state index is -0.367. The van der Waals surface area contributed by atoms with Gasteiger partial charge in [0, 0.05) is 25.1 Å². The van der Waals surface area contributed by atoms with Gasteiger partial charge in [-0.1, -0.05) is 0 Å². The first-order chi connectivity index (χ1) is 7.25. The van der Waals surface area contributed by atoms with Crippen LogP contribution in [0, 0.1) is 10.1 Å². The van der Waals surface area contributed by atoms with E-state index in [1.165, 1.54) is 6.07 Å². The highest BCUT2D eigenvalue weighted by atomic mass is 16.6. The molecular weight excluding hydrogens is 194 g/mol. The highest BCUT2D eigenvalue weighted by Gasteiger charge is 2.17. The summed E-state index contributed by atoms with van der Waals surface area (Å²) in [6.07, 6.45) is 2.06. The van der Waals surface area contributed by atoms with Crippen LogP contribution in [-0.4, -0.2) is 14.5 Å². The number of hydrogen-bond acceptors (Lipinski definition) is 3. The molecule has 1 aliphatic rings. The third-order valence-corrected chi connectivity index (χ3v) is 2.80. The largest absolute Gasteiger partial charge is 0.328 e. The first-order valence-electron chi connectivity index (χ1n) is 4.89. The Morgan fingerprint density at radius 1 is 1.47 bits per heavy atom. The van der Waals surface area contributed by atoms with Crippen molar-refractivity contribution in [1.29, 1.82) is 0 Å². The number of aryl methyl sites for hydroxylation is 2. The highest BCUT2D eigenvalue weighted by Crippen LogP contribution is 2.25. The van der Waals surface area contributed by atoms with E-state index in [1.807, 2.05) is 0 Å². The Kier molecular flexibility index (Phi) is 1.56. The molecule has 0 aliphatic carbocycles. The molecule has 5 heteroatoms. The van der Waals surface area contributed by atoms with Crippen LogP contribution in [0.5, 0.6) is 0 Å². The van der Waals surface area contributed by atoms with Crippen molar-refractivity contribution in [3.63, 3.8) is 0 Å². The molecule has 15 heavy (non-hydrogen) atoms. The second-order valence-electron chi connectivity index (χ2n) is 3.71. The zero-order valence-electron chi connectivity index (χ0n) is 8.01. The fraction of sp³-hybridized carbons (Fsp3) is 0.300. The molecule has 0 amide bonds. The van der Waals surface area contributed by atoms with E-state index in [-0.39, 0.29) is 10.6 Å². The van der Waals surface area contributed by atoms with Gasteiger partial charge in [0.05, 0.1) is 16.0 Å². The summed E-state index contributed by atoms with van der Waals surface area (Å²) in [5, 5.41) is 10.6. The molecule has 2 heterocycles. The number of imidazole rings is 1. The lowest BCUT2D eigenvalue weighted by molar-refractivity contribution is -0.384. The quantitative estimate of drug-likeness (QED) is 0.525. The van der Waals surface area contributed by atoms with Gasteiger partial charge in [0.25, 0.3) is 5.69 Å².